The molecule has 158 valence electrons. The van der Waals surface area contributed by atoms with Crippen molar-refractivity contribution in [1.82, 2.24) is 4.57 Å². The van der Waals surface area contributed by atoms with Crippen LogP contribution in [0, 0.1) is 0 Å². The normalized spacial score (nSPS) is 16.1. The number of hydrogen-bond acceptors (Lipinski definition) is 5. The van der Waals surface area contributed by atoms with Gasteiger partial charge in [0.15, 0.2) is 4.80 Å². The van der Waals surface area contributed by atoms with E-state index in [9.17, 15) is 9.59 Å². The fraction of sp³-hybridized carbons (Fsp3) is 0.174. The van der Waals surface area contributed by atoms with Crippen LogP contribution in [0.1, 0.15) is 31.0 Å². The van der Waals surface area contributed by atoms with Crippen molar-refractivity contribution >= 4 is 46.6 Å². The second-order valence-corrected chi connectivity index (χ2v) is 8.73. The van der Waals surface area contributed by atoms with Gasteiger partial charge in [-0.15, -0.1) is 0 Å². The molecule has 4 rings (SSSR count). The molecule has 1 aromatic heterocycles. The maximum atomic E-state index is 13.5. The maximum absolute atomic E-state index is 13.5. The van der Waals surface area contributed by atoms with E-state index in [4.69, 9.17) is 27.9 Å². The highest BCUT2D eigenvalue weighted by atomic mass is 35.5. The number of thiazole rings is 1. The minimum absolute atomic E-state index is 0.222. The smallest absolute Gasteiger partial charge is 0.338 e. The van der Waals surface area contributed by atoms with Crippen LogP contribution in [0.5, 0.6) is 0 Å². The molecule has 2 heterocycles. The highest BCUT2D eigenvalue weighted by Crippen LogP contribution is 2.31. The van der Waals surface area contributed by atoms with E-state index < -0.39 is 12.0 Å². The molecule has 3 aromatic rings. The molecule has 1 unspecified atom stereocenters. The molecule has 1 atom stereocenters. The van der Waals surface area contributed by atoms with Gasteiger partial charge in [-0.2, -0.15) is 0 Å². The Morgan fingerprint density at radius 3 is 2.58 bits per heavy atom. The molecular formula is C23H18Cl2N2O3S. The summed E-state index contributed by atoms with van der Waals surface area (Å²) in [6, 6.07) is 13.7. The monoisotopic (exact) mass is 472 g/mol. The largest absolute Gasteiger partial charge is 0.463 e. The average Bonchev–Trinajstić information content (AvgIpc) is 3.04. The Balaban J connectivity index is 1.97. The number of halogens is 2. The lowest BCUT2D eigenvalue weighted by Crippen LogP contribution is -2.39. The van der Waals surface area contributed by atoms with Gasteiger partial charge in [-0.3, -0.25) is 9.36 Å². The molecule has 0 fully saturated rings. The summed E-state index contributed by atoms with van der Waals surface area (Å²) in [7, 11) is 0. The molecule has 0 spiro atoms. The van der Waals surface area contributed by atoms with Crippen molar-refractivity contribution in [2.24, 2.45) is 4.99 Å². The number of ether oxygens (including phenoxy) is 1. The Hall–Kier alpha value is -2.67. The summed E-state index contributed by atoms with van der Waals surface area (Å²) in [6.45, 7) is 3.71. The van der Waals surface area contributed by atoms with Gasteiger partial charge in [-0.25, -0.2) is 9.79 Å². The summed E-state index contributed by atoms with van der Waals surface area (Å²) in [6.07, 6.45) is 1.74. The molecule has 8 heteroatoms. The molecule has 2 aromatic carbocycles. The summed E-state index contributed by atoms with van der Waals surface area (Å²) in [5.41, 5.74) is 2.08. The first-order valence-corrected chi connectivity index (χ1v) is 11.2. The van der Waals surface area contributed by atoms with E-state index >= 15 is 0 Å². The Morgan fingerprint density at radius 1 is 1.19 bits per heavy atom. The molecule has 0 N–H and O–H groups in total. The van der Waals surface area contributed by atoms with Gasteiger partial charge in [-0.05, 0) is 49.2 Å². The first-order chi connectivity index (χ1) is 14.9. The van der Waals surface area contributed by atoms with Gasteiger partial charge in [0.1, 0.15) is 0 Å². The molecular weight excluding hydrogens is 455 g/mol. The molecule has 1 aliphatic heterocycles. The van der Waals surface area contributed by atoms with Crippen LogP contribution in [0.15, 0.2) is 69.6 Å². The third-order valence-electron chi connectivity index (χ3n) is 4.89. The highest BCUT2D eigenvalue weighted by Gasteiger charge is 2.33. The predicted octanol–water partition coefficient (Wildman–Crippen LogP) is 4.11. The van der Waals surface area contributed by atoms with Gasteiger partial charge in [0.05, 0.1) is 28.5 Å². The average molecular weight is 473 g/mol. The topological polar surface area (TPSA) is 60.7 Å². The van der Waals surface area contributed by atoms with Crippen LogP contribution in [0.25, 0.3) is 6.08 Å². The number of esters is 1. The molecule has 31 heavy (non-hydrogen) atoms. The summed E-state index contributed by atoms with van der Waals surface area (Å²) >= 11 is 13.6. The van der Waals surface area contributed by atoms with Crippen LogP contribution in [0.2, 0.25) is 10.0 Å². The number of carbonyl (C=O) groups is 1. The number of rotatable bonds is 4. The lowest BCUT2D eigenvalue weighted by atomic mass is 9.96. The number of fused-ring (bicyclic) bond motifs is 1. The van der Waals surface area contributed by atoms with Gasteiger partial charge < -0.3 is 4.74 Å². The second kappa shape index (κ2) is 8.83. The zero-order valence-electron chi connectivity index (χ0n) is 16.8. The van der Waals surface area contributed by atoms with Crippen molar-refractivity contribution in [2.45, 2.75) is 19.9 Å². The van der Waals surface area contributed by atoms with E-state index in [0.717, 1.165) is 11.1 Å². The van der Waals surface area contributed by atoms with Gasteiger partial charge in [0.25, 0.3) is 5.56 Å². The second-order valence-electron chi connectivity index (χ2n) is 6.88. The van der Waals surface area contributed by atoms with E-state index in [-0.39, 0.29) is 12.2 Å². The lowest BCUT2D eigenvalue weighted by molar-refractivity contribution is -0.139. The number of hydrogen-bond donors (Lipinski definition) is 0. The minimum Gasteiger partial charge on any atom is -0.463 e. The van der Waals surface area contributed by atoms with Gasteiger partial charge in [-0.1, -0.05) is 64.9 Å². The minimum atomic E-state index is -0.666. The standard InChI is InChI=1S/C23H18Cl2N2O3S/c1-3-30-22(29)19-13(2)26-23-27(20(19)14-8-10-16(24)11-9-14)21(28)18(31-23)12-15-6-4-5-7-17(15)25/h4-12,20H,3H2,1-2H3/b18-12-. The van der Waals surface area contributed by atoms with E-state index in [1.54, 1.807) is 50.3 Å². The van der Waals surface area contributed by atoms with Gasteiger partial charge in [0, 0.05) is 10.0 Å². The summed E-state index contributed by atoms with van der Waals surface area (Å²) in [5.74, 6) is -0.496. The summed E-state index contributed by atoms with van der Waals surface area (Å²) in [5, 5.41) is 1.11. The summed E-state index contributed by atoms with van der Waals surface area (Å²) < 4.78 is 7.29. The molecule has 1 aliphatic rings. The van der Waals surface area contributed by atoms with Crippen LogP contribution in [0.4, 0.5) is 0 Å². The van der Waals surface area contributed by atoms with Crippen molar-refractivity contribution in [3.63, 3.8) is 0 Å². The number of benzene rings is 2. The van der Waals surface area contributed by atoms with Crippen molar-refractivity contribution in [1.29, 1.82) is 0 Å². The number of aromatic nitrogens is 1. The van der Waals surface area contributed by atoms with E-state index in [1.807, 2.05) is 18.2 Å². The number of allylic oxidation sites excluding steroid dienone is 1. The zero-order valence-corrected chi connectivity index (χ0v) is 19.1. The van der Waals surface area contributed by atoms with Crippen LogP contribution < -0.4 is 14.9 Å². The van der Waals surface area contributed by atoms with Crippen molar-refractivity contribution in [2.75, 3.05) is 6.61 Å². The number of carbonyl (C=O) groups excluding carboxylic acids is 1. The Labute approximate surface area is 192 Å². The highest BCUT2D eigenvalue weighted by molar-refractivity contribution is 7.07. The molecule has 0 radical (unpaired) electrons. The van der Waals surface area contributed by atoms with Crippen molar-refractivity contribution in [3.8, 4) is 0 Å². The Morgan fingerprint density at radius 2 is 1.90 bits per heavy atom. The quantitative estimate of drug-likeness (QED) is 0.536. The third-order valence-corrected chi connectivity index (χ3v) is 6.47. The van der Waals surface area contributed by atoms with Crippen molar-refractivity contribution in [3.05, 3.63) is 101 Å². The molecule has 0 saturated heterocycles. The first-order valence-electron chi connectivity index (χ1n) is 9.60. The van der Waals surface area contributed by atoms with Gasteiger partial charge >= 0.3 is 5.97 Å². The first kappa shape index (κ1) is 21.6. The predicted molar refractivity (Wildman–Crippen MR) is 123 cm³/mol. The van der Waals surface area contributed by atoms with Crippen molar-refractivity contribution < 1.29 is 9.53 Å². The van der Waals surface area contributed by atoms with Gasteiger partial charge in [0.2, 0.25) is 0 Å². The molecule has 0 saturated carbocycles. The maximum Gasteiger partial charge on any atom is 0.338 e. The Bertz CT molecular complexity index is 1370. The fourth-order valence-corrected chi connectivity index (χ4v) is 4.84. The Kier molecular flexibility index (Phi) is 6.14. The lowest BCUT2D eigenvalue weighted by Gasteiger charge is -2.24. The summed E-state index contributed by atoms with van der Waals surface area (Å²) in [4.78, 5) is 31.3. The molecule has 0 amide bonds. The third kappa shape index (κ3) is 4.11. The van der Waals surface area contributed by atoms with E-state index in [1.165, 1.54) is 15.9 Å². The van der Waals surface area contributed by atoms with E-state index in [2.05, 4.69) is 4.99 Å². The fourth-order valence-electron chi connectivity index (χ4n) is 3.49. The van der Waals surface area contributed by atoms with Crippen LogP contribution in [0.3, 0.4) is 0 Å². The van der Waals surface area contributed by atoms with E-state index in [0.29, 0.717) is 30.6 Å². The molecule has 0 aliphatic carbocycles. The van der Waals surface area contributed by atoms with Crippen LogP contribution in [-0.2, 0) is 9.53 Å². The molecule has 0 bridgehead atoms. The number of nitrogens with zero attached hydrogens (tertiary/aromatic N) is 2. The SMILES string of the molecule is CCOC(=O)C1=C(C)N=c2s/c(=C\c3ccccc3Cl)c(=O)n2C1c1ccc(Cl)cc1. The van der Waals surface area contributed by atoms with Crippen LogP contribution >= 0.6 is 34.5 Å². The molecule has 5 nitrogen and oxygen atoms in total. The zero-order chi connectivity index (χ0) is 22.1. The van der Waals surface area contributed by atoms with Crippen LogP contribution in [-0.4, -0.2) is 17.1 Å².